The van der Waals surface area contributed by atoms with Gasteiger partial charge in [-0.2, -0.15) is 0 Å². The summed E-state index contributed by atoms with van der Waals surface area (Å²) in [5.41, 5.74) is 1.50. The van der Waals surface area contributed by atoms with Crippen LogP contribution in [0.15, 0.2) is 12.7 Å². The minimum absolute atomic E-state index is 0.671. The van der Waals surface area contributed by atoms with Crippen molar-refractivity contribution in [3.8, 4) is 0 Å². The molecule has 0 aliphatic rings. The number of thiocarbonyl (C=S) groups is 1. The quantitative estimate of drug-likeness (QED) is 0.691. The van der Waals surface area contributed by atoms with E-state index in [2.05, 4.69) is 15.0 Å². The fraction of sp³-hybridized carbons (Fsp3) is 0.455. The maximum Gasteiger partial charge on any atom is 0.181 e. The van der Waals surface area contributed by atoms with Gasteiger partial charge in [0.15, 0.2) is 5.65 Å². The fourth-order valence-corrected chi connectivity index (χ4v) is 2.79. The van der Waals surface area contributed by atoms with Crippen molar-refractivity contribution in [3.63, 3.8) is 0 Å². The lowest BCUT2D eigenvalue weighted by molar-refractivity contribution is 0.646. The highest BCUT2D eigenvalue weighted by Crippen LogP contribution is 2.11. The second-order valence-corrected chi connectivity index (χ2v) is 6.32. The zero-order valence-electron chi connectivity index (χ0n) is 10.8. The Hall–Kier alpha value is -0.990. The Labute approximate surface area is 126 Å². The minimum atomic E-state index is 0.671. The van der Waals surface area contributed by atoms with Crippen molar-refractivity contribution in [1.82, 2.24) is 24.4 Å². The van der Waals surface area contributed by atoms with Gasteiger partial charge in [-0.1, -0.05) is 36.2 Å². The summed E-state index contributed by atoms with van der Waals surface area (Å²) in [5, 5.41) is 0. The smallest absolute Gasteiger partial charge is 0.181 e. The van der Waals surface area contributed by atoms with Gasteiger partial charge in [-0.25, -0.2) is 9.97 Å². The maximum atomic E-state index is 5.40. The van der Waals surface area contributed by atoms with Gasteiger partial charge in [0, 0.05) is 26.4 Å². The molecule has 0 fully saturated rings. The highest BCUT2D eigenvalue weighted by molar-refractivity contribution is 8.22. The summed E-state index contributed by atoms with van der Waals surface area (Å²) in [6, 6.07) is 0. The van der Waals surface area contributed by atoms with Crippen LogP contribution in [0.2, 0.25) is 0 Å². The first-order valence-electron chi connectivity index (χ1n) is 5.82. The van der Waals surface area contributed by atoms with Gasteiger partial charge in [-0.3, -0.25) is 0 Å². The third-order valence-electron chi connectivity index (χ3n) is 2.55. The van der Waals surface area contributed by atoms with E-state index in [-0.39, 0.29) is 0 Å². The molecule has 5 nitrogen and oxygen atoms in total. The van der Waals surface area contributed by atoms with E-state index in [9.17, 15) is 0 Å². The van der Waals surface area contributed by atoms with E-state index in [0.717, 1.165) is 33.2 Å². The van der Waals surface area contributed by atoms with Crippen LogP contribution in [0.4, 0.5) is 0 Å². The van der Waals surface area contributed by atoms with Gasteiger partial charge in [0.25, 0.3) is 0 Å². The first kappa shape index (κ1) is 14.4. The first-order valence-corrected chi connectivity index (χ1v) is 7.62. The maximum absolute atomic E-state index is 5.40. The third kappa shape index (κ3) is 3.52. The van der Waals surface area contributed by atoms with Crippen molar-refractivity contribution in [2.45, 2.75) is 13.0 Å². The number of nitrogens with one attached hydrogen (secondary N) is 1. The highest BCUT2D eigenvalue weighted by atomic mass is 32.2. The molecule has 2 heterocycles. The van der Waals surface area contributed by atoms with E-state index in [4.69, 9.17) is 24.4 Å². The molecule has 0 bridgehead atoms. The summed E-state index contributed by atoms with van der Waals surface area (Å²) in [6.45, 7) is 0.837. The van der Waals surface area contributed by atoms with Crippen LogP contribution in [0.1, 0.15) is 6.42 Å². The molecule has 1 N–H and O–H groups in total. The average molecular weight is 313 g/mol. The Bertz CT molecular complexity index is 631. The number of aromatic nitrogens is 4. The van der Waals surface area contributed by atoms with Gasteiger partial charge in [0.1, 0.15) is 14.5 Å². The van der Waals surface area contributed by atoms with Crippen LogP contribution in [-0.4, -0.2) is 48.6 Å². The number of hydrogen-bond donors (Lipinski definition) is 1. The zero-order valence-corrected chi connectivity index (χ0v) is 13.2. The van der Waals surface area contributed by atoms with Crippen LogP contribution in [-0.2, 0) is 6.54 Å². The number of fused-ring (bicyclic) bond motifs is 1. The summed E-state index contributed by atoms with van der Waals surface area (Å²) in [5.74, 6) is 0.972. The average Bonchev–Trinajstić information content (AvgIpc) is 2.85. The summed E-state index contributed by atoms with van der Waals surface area (Å²) in [4.78, 5) is 13.3. The molecule has 0 saturated carbocycles. The lowest BCUT2D eigenvalue weighted by Gasteiger charge is -2.12. The molecule has 2 rings (SSSR count). The van der Waals surface area contributed by atoms with Crippen molar-refractivity contribution in [2.24, 2.45) is 0 Å². The monoisotopic (exact) mass is 313 g/mol. The Balaban J connectivity index is 1.93. The van der Waals surface area contributed by atoms with Gasteiger partial charge in [0.2, 0.25) is 0 Å². The SMILES string of the molecule is CN(C)C(=S)SCCCn1cnc2nc[nH]c2c1=S. The molecular weight excluding hydrogens is 298 g/mol. The Morgan fingerprint density at radius 3 is 3.00 bits per heavy atom. The summed E-state index contributed by atoms with van der Waals surface area (Å²) < 4.78 is 3.63. The number of nitrogens with zero attached hydrogens (tertiary/aromatic N) is 4. The molecule has 0 atom stereocenters. The molecular formula is C11H15N5S3. The van der Waals surface area contributed by atoms with Crippen LogP contribution in [0.3, 0.4) is 0 Å². The van der Waals surface area contributed by atoms with Crippen molar-refractivity contribution >= 4 is 51.7 Å². The number of imidazole rings is 1. The molecule has 2 aromatic rings. The van der Waals surface area contributed by atoms with Crippen molar-refractivity contribution in [2.75, 3.05) is 19.8 Å². The van der Waals surface area contributed by atoms with Gasteiger partial charge in [-0.05, 0) is 6.42 Å². The molecule has 0 aromatic carbocycles. The Morgan fingerprint density at radius 1 is 1.47 bits per heavy atom. The van der Waals surface area contributed by atoms with E-state index in [1.54, 1.807) is 24.4 Å². The number of aromatic amines is 1. The molecule has 102 valence electrons. The lowest BCUT2D eigenvalue weighted by Crippen LogP contribution is -2.16. The fourth-order valence-electron chi connectivity index (χ4n) is 1.55. The standard InChI is InChI=1S/C11H15N5S3/c1-15(2)11(18)19-5-3-4-16-7-14-9-8(10(16)17)12-6-13-9/h6-7H,3-5H2,1-2H3,(H,12,13). The van der Waals surface area contributed by atoms with Crippen molar-refractivity contribution in [1.29, 1.82) is 0 Å². The van der Waals surface area contributed by atoms with Crippen molar-refractivity contribution < 1.29 is 0 Å². The second-order valence-electron chi connectivity index (χ2n) is 4.21. The van der Waals surface area contributed by atoms with Crippen LogP contribution in [0.5, 0.6) is 0 Å². The van der Waals surface area contributed by atoms with Gasteiger partial charge in [0.05, 0.1) is 12.7 Å². The predicted molar refractivity (Wildman–Crippen MR) is 86.1 cm³/mol. The van der Waals surface area contributed by atoms with E-state index < -0.39 is 0 Å². The zero-order chi connectivity index (χ0) is 13.8. The number of H-pyrrole nitrogens is 1. The lowest BCUT2D eigenvalue weighted by atomic mass is 10.4. The molecule has 0 saturated heterocycles. The van der Waals surface area contributed by atoms with Gasteiger partial charge < -0.3 is 14.5 Å². The number of hydrogen-bond acceptors (Lipinski definition) is 5. The third-order valence-corrected chi connectivity index (χ3v) is 4.81. The van der Waals surface area contributed by atoms with Crippen LogP contribution in [0, 0.1) is 4.64 Å². The Morgan fingerprint density at radius 2 is 2.26 bits per heavy atom. The molecule has 0 spiro atoms. The molecule has 0 aliphatic heterocycles. The normalized spacial score (nSPS) is 10.8. The van der Waals surface area contributed by atoms with Gasteiger partial charge >= 0.3 is 0 Å². The highest BCUT2D eigenvalue weighted by Gasteiger charge is 2.03. The van der Waals surface area contributed by atoms with Crippen molar-refractivity contribution in [3.05, 3.63) is 17.3 Å². The molecule has 0 amide bonds. The van der Waals surface area contributed by atoms with E-state index >= 15 is 0 Å². The number of thioether (sulfide) groups is 1. The van der Waals surface area contributed by atoms with Crippen LogP contribution in [0.25, 0.3) is 11.2 Å². The summed E-state index contributed by atoms with van der Waals surface area (Å²) in [6.07, 6.45) is 4.36. The predicted octanol–water partition coefficient (Wildman–Crippen LogP) is 2.46. The summed E-state index contributed by atoms with van der Waals surface area (Å²) in [7, 11) is 3.92. The molecule has 19 heavy (non-hydrogen) atoms. The topological polar surface area (TPSA) is 49.7 Å². The summed E-state index contributed by atoms with van der Waals surface area (Å²) >= 11 is 12.3. The van der Waals surface area contributed by atoms with E-state index in [1.165, 1.54) is 0 Å². The molecule has 8 heteroatoms. The first-order chi connectivity index (χ1) is 9.09. The van der Waals surface area contributed by atoms with E-state index in [1.807, 2.05) is 23.6 Å². The molecule has 0 aliphatic carbocycles. The largest absolute Gasteiger partial charge is 0.364 e. The minimum Gasteiger partial charge on any atom is -0.364 e. The molecule has 2 aromatic heterocycles. The molecule has 0 unspecified atom stereocenters. The second kappa shape index (κ2) is 6.44. The van der Waals surface area contributed by atoms with E-state index in [0.29, 0.717) is 5.65 Å². The number of rotatable bonds is 4. The van der Waals surface area contributed by atoms with Crippen LogP contribution >= 0.6 is 36.2 Å². The van der Waals surface area contributed by atoms with Gasteiger partial charge in [-0.15, -0.1) is 0 Å². The molecule has 0 radical (unpaired) electrons. The Kier molecular flexibility index (Phi) is 4.89. The number of aryl methyl sites for hydroxylation is 1. The van der Waals surface area contributed by atoms with Crippen LogP contribution < -0.4 is 0 Å².